The average molecular weight is 231 g/mol. The number of rotatable bonds is 8. The van der Waals surface area contributed by atoms with Crippen LogP contribution in [0.25, 0.3) is 0 Å². The predicted molar refractivity (Wildman–Crippen MR) is 63.4 cm³/mol. The molecule has 1 aliphatic rings. The summed E-state index contributed by atoms with van der Waals surface area (Å²) in [6, 6.07) is 0. The van der Waals surface area contributed by atoms with Crippen molar-refractivity contribution in [1.82, 2.24) is 5.32 Å². The molecule has 0 spiro atoms. The lowest BCUT2D eigenvalue weighted by Gasteiger charge is -2.20. The molecule has 16 heavy (non-hydrogen) atoms. The predicted octanol–water partition coefficient (Wildman–Crippen LogP) is 1.40. The highest BCUT2D eigenvalue weighted by Gasteiger charge is 2.23. The van der Waals surface area contributed by atoms with Crippen molar-refractivity contribution in [3.05, 3.63) is 0 Å². The Labute approximate surface area is 98.6 Å². The molecule has 0 amide bonds. The molecule has 1 saturated heterocycles. The zero-order chi connectivity index (χ0) is 11.8. The fourth-order valence-corrected chi connectivity index (χ4v) is 1.97. The summed E-state index contributed by atoms with van der Waals surface area (Å²) in [4.78, 5) is 0. The molecular formula is C12H25NO3. The van der Waals surface area contributed by atoms with E-state index in [1.54, 1.807) is 0 Å². The van der Waals surface area contributed by atoms with Crippen LogP contribution in [0, 0.1) is 5.92 Å². The average Bonchev–Trinajstić information content (AvgIpc) is 2.65. The van der Waals surface area contributed by atoms with Crippen LogP contribution in [0.2, 0.25) is 0 Å². The zero-order valence-electron chi connectivity index (χ0n) is 10.7. The van der Waals surface area contributed by atoms with Gasteiger partial charge in [-0.2, -0.15) is 0 Å². The quantitative estimate of drug-likeness (QED) is 0.641. The van der Waals surface area contributed by atoms with Crippen LogP contribution < -0.4 is 5.32 Å². The van der Waals surface area contributed by atoms with Gasteiger partial charge in [0.2, 0.25) is 0 Å². The van der Waals surface area contributed by atoms with E-state index in [4.69, 9.17) is 14.2 Å². The zero-order valence-corrected chi connectivity index (χ0v) is 10.7. The maximum absolute atomic E-state index is 5.52. The van der Waals surface area contributed by atoms with E-state index in [1.807, 2.05) is 13.8 Å². The summed E-state index contributed by atoms with van der Waals surface area (Å²) in [5, 5.41) is 3.40. The summed E-state index contributed by atoms with van der Waals surface area (Å²) >= 11 is 0. The largest absolute Gasteiger partial charge is 0.378 e. The molecule has 4 nitrogen and oxygen atoms in total. The summed E-state index contributed by atoms with van der Waals surface area (Å²) in [5.41, 5.74) is 0. The van der Waals surface area contributed by atoms with Crippen molar-refractivity contribution in [1.29, 1.82) is 0 Å². The van der Waals surface area contributed by atoms with Crippen molar-refractivity contribution in [2.24, 2.45) is 5.92 Å². The normalized spacial score (nSPS) is 25.5. The van der Waals surface area contributed by atoms with Crippen LogP contribution in [0.15, 0.2) is 0 Å². The molecule has 0 aromatic rings. The van der Waals surface area contributed by atoms with Gasteiger partial charge in [-0.05, 0) is 33.1 Å². The maximum Gasteiger partial charge on any atom is 0.169 e. The van der Waals surface area contributed by atoms with E-state index in [0.29, 0.717) is 25.2 Å². The third-order valence-electron chi connectivity index (χ3n) is 2.96. The topological polar surface area (TPSA) is 39.7 Å². The van der Waals surface area contributed by atoms with Gasteiger partial charge in [0.15, 0.2) is 6.29 Å². The molecule has 0 aromatic carbocycles. The van der Waals surface area contributed by atoms with E-state index in [0.717, 1.165) is 26.1 Å². The third kappa shape index (κ3) is 4.78. The molecule has 0 aliphatic carbocycles. The SMILES string of the molecule is CCOC(CNCC1CCOC1C)OCC. The van der Waals surface area contributed by atoms with Crippen molar-refractivity contribution in [3.63, 3.8) is 0 Å². The van der Waals surface area contributed by atoms with Gasteiger partial charge in [-0.3, -0.25) is 0 Å². The molecule has 0 bridgehead atoms. The smallest absolute Gasteiger partial charge is 0.169 e. The standard InChI is InChI=1S/C12H25NO3/c1-4-14-12(15-5-2)9-13-8-11-6-7-16-10(11)3/h10-13H,4-9H2,1-3H3. The van der Waals surface area contributed by atoms with E-state index in [1.165, 1.54) is 0 Å². The summed E-state index contributed by atoms with van der Waals surface area (Å²) in [7, 11) is 0. The van der Waals surface area contributed by atoms with Crippen LogP contribution in [0.3, 0.4) is 0 Å². The molecule has 0 radical (unpaired) electrons. The number of ether oxygens (including phenoxy) is 3. The second kappa shape index (κ2) is 8.01. The second-order valence-electron chi connectivity index (χ2n) is 4.12. The molecule has 96 valence electrons. The van der Waals surface area contributed by atoms with Crippen molar-refractivity contribution in [3.8, 4) is 0 Å². The van der Waals surface area contributed by atoms with E-state index >= 15 is 0 Å². The molecule has 4 heteroatoms. The molecule has 0 aromatic heterocycles. The Kier molecular flexibility index (Phi) is 6.96. The lowest BCUT2D eigenvalue weighted by atomic mass is 10.0. The lowest BCUT2D eigenvalue weighted by Crippen LogP contribution is -2.35. The summed E-state index contributed by atoms with van der Waals surface area (Å²) in [5.74, 6) is 0.629. The number of hydrogen-bond donors (Lipinski definition) is 1. The van der Waals surface area contributed by atoms with E-state index in [-0.39, 0.29) is 6.29 Å². The van der Waals surface area contributed by atoms with Crippen molar-refractivity contribution in [2.75, 3.05) is 32.9 Å². The minimum atomic E-state index is -0.118. The van der Waals surface area contributed by atoms with Crippen molar-refractivity contribution < 1.29 is 14.2 Å². The first kappa shape index (κ1) is 13.9. The Hall–Kier alpha value is -0.160. The second-order valence-corrected chi connectivity index (χ2v) is 4.12. The van der Waals surface area contributed by atoms with Crippen LogP contribution in [-0.4, -0.2) is 45.3 Å². The van der Waals surface area contributed by atoms with Gasteiger partial charge < -0.3 is 19.5 Å². The highest BCUT2D eigenvalue weighted by molar-refractivity contribution is 4.74. The Morgan fingerprint density at radius 3 is 2.50 bits per heavy atom. The Balaban J connectivity index is 2.11. The molecule has 1 rings (SSSR count). The molecule has 1 N–H and O–H groups in total. The van der Waals surface area contributed by atoms with Crippen LogP contribution in [0.5, 0.6) is 0 Å². The Bertz CT molecular complexity index is 172. The van der Waals surface area contributed by atoms with Crippen molar-refractivity contribution in [2.45, 2.75) is 39.6 Å². The van der Waals surface area contributed by atoms with Gasteiger partial charge in [0.1, 0.15) is 0 Å². The molecule has 1 fully saturated rings. The first-order valence-electron chi connectivity index (χ1n) is 6.33. The van der Waals surface area contributed by atoms with E-state index < -0.39 is 0 Å². The molecule has 1 aliphatic heterocycles. The highest BCUT2D eigenvalue weighted by atomic mass is 16.7. The summed E-state index contributed by atoms with van der Waals surface area (Å²) in [6.07, 6.45) is 1.42. The number of hydrogen-bond acceptors (Lipinski definition) is 4. The Morgan fingerprint density at radius 1 is 1.31 bits per heavy atom. The van der Waals surface area contributed by atoms with Gasteiger partial charge in [-0.15, -0.1) is 0 Å². The number of nitrogens with one attached hydrogen (secondary N) is 1. The molecule has 0 saturated carbocycles. The molecule has 1 heterocycles. The minimum absolute atomic E-state index is 0.118. The fraction of sp³-hybridized carbons (Fsp3) is 1.00. The summed E-state index contributed by atoms with van der Waals surface area (Å²) < 4.78 is 16.4. The summed E-state index contributed by atoms with van der Waals surface area (Å²) in [6.45, 7) is 10.1. The molecule has 2 unspecified atom stereocenters. The van der Waals surface area contributed by atoms with Gasteiger partial charge in [0.05, 0.1) is 6.10 Å². The molecular weight excluding hydrogens is 206 g/mol. The van der Waals surface area contributed by atoms with Gasteiger partial charge in [0.25, 0.3) is 0 Å². The monoisotopic (exact) mass is 231 g/mol. The van der Waals surface area contributed by atoms with Gasteiger partial charge in [0, 0.05) is 32.9 Å². The van der Waals surface area contributed by atoms with Crippen LogP contribution in [-0.2, 0) is 14.2 Å². The van der Waals surface area contributed by atoms with Crippen LogP contribution >= 0.6 is 0 Å². The van der Waals surface area contributed by atoms with E-state index in [9.17, 15) is 0 Å². The van der Waals surface area contributed by atoms with Crippen LogP contribution in [0.1, 0.15) is 27.2 Å². The maximum atomic E-state index is 5.52. The minimum Gasteiger partial charge on any atom is -0.378 e. The first-order chi connectivity index (χ1) is 7.77. The van der Waals surface area contributed by atoms with Crippen LogP contribution in [0.4, 0.5) is 0 Å². The van der Waals surface area contributed by atoms with Gasteiger partial charge >= 0.3 is 0 Å². The fourth-order valence-electron chi connectivity index (χ4n) is 1.97. The Morgan fingerprint density at radius 2 is 2.00 bits per heavy atom. The first-order valence-corrected chi connectivity index (χ1v) is 6.33. The van der Waals surface area contributed by atoms with Gasteiger partial charge in [-0.1, -0.05) is 0 Å². The molecule has 2 atom stereocenters. The highest BCUT2D eigenvalue weighted by Crippen LogP contribution is 2.19. The third-order valence-corrected chi connectivity index (χ3v) is 2.96. The van der Waals surface area contributed by atoms with Crippen molar-refractivity contribution >= 4 is 0 Å². The lowest BCUT2D eigenvalue weighted by molar-refractivity contribution is -0.133. The van der Waals surface area contributed by atoms with E-state index in [2.05, 4.69) is 12.2 Å². The van der Waals surface area contributed by atoms with Gasteiger partial charge in [-0.25, -0.2) is 0 Å².